The molecule has 8 heteroatoms. The fourth-order valence-electron chi connectivity index (χ4n) is 3.46. The molecule has 0 bridgehead atoms. The van der Waals surface area contributed by atoms with Gasteiger partial charge in [-0.3, -0.25) is 4.79 Å². The molecule has 1 amide bonds. The molecular formula is C21H20BrFN4O2. The number of rotatable bonds is 4. The van der Waals surface area contributed by atoms with Crippen molar-refractivity contribution in [1.29, 1.82) is 0 Å². The molecular weight excluding hydrogens is 439 g/mol. The van der Waals surface area contributed by atoms with Gasteiger partial charge in [-0.1, -0.05) is 6.42 Å². The van der Waals surface area contributed by atoms with Crippen LogP contribution in [-0.4, -0.2) is 27.8 Å². The van der Waals surface area contributed by atoms with Crippen molar-refractivity contribution in [2.75, 3.05) is 12.4 Å². The van der Waals surface area contributed by atoms with E-state index in [-0.39, 0.29) is 5.91 Å². The molecule has 0 aliphatic carbocycles. The second-order valence-electron chi connectivity index (χ2n) is 6.90. The number of carbonyl (C=O) groups excluding carboxylic acids is 1. The summed E-state index contributed by atoms with van der Waals surface area (Å²) in [6.07, 6.45) is 4.04. The Morgan fingerprint density at radius 1 is 1.17 bits per heavy atom. The van der Waals surface area contributed by atoms with E-state index >= 15 is 0 Å². The van der Waals surface area contributed by atoms with E-state index in [2.05, 4.69) is 31.4 Å². The molecule has 1 aromatic heterocycles. The standard InChI is InChI=1S/C21H20BrFN4O2/c1-29-14-7-8-17(22)15(12-14)21(28)24-13-6-9-18(23)16(11-13)20-26-25-19-5-3-2-4-10-27(19)20/h6-9,11-12H,2-5,10H2,1H3,(H,24,28). The van der Waals surface area contributed by atoms with Crippen LogP contribution in [0.1, 0.15) is 35.4 Å². The summed E-state index contributed by atoms with van der Waals surface area (Å²) in [6, 6.07) is 9.61. The maximum absolute atomic E-state index is 14.6. The first-order chi connectivity index (χ1) is 14.1. The molecule has 4 rings (SSSR count). The smallest absolute Gasteiger partial charge is 0.256 e. The third-order valence-electron chi connectivity index (χ3n) is 4.99. The lowest BCUT2D eigenvalue weighted by Gasteiger charge is -2.11. The van der Waals surface area contributed by atoms with Crippen molar-refractivity contribution in [2.24, 2.45) is 0 Å². The Hall–Kier alpha value is -2.74. The van der Waals surface area contributed by atoms with Gasteiger partial charge in [-0.2, -0.15) is 0 Å². The van der Waals surface area contributed by atoms with Crippen molar-refractivity contribution in [2.45, 2.75) is 32.2 Å². The van der Waals surface area contributed by atoms with Crippen LogP contribution in [0.25, 0.3) is 11.4 Å². The van der Waals surface area contributed by atoms with Gasteiger partial charge >= 0.3 is 0 Å². The second-order valence-corrected chi connectivity index (χ2v) is 7.75. The minimum Gasteiger partial charge on any atom is -0.497 e. The minimum atomic E-state index is -0.398. The minimum absolute atomic E-state index is 0.326. The number of hydrogen-bond donors (Lipinski definition) is 1. The van der Waals surface area contributed by atoms with E-state index in [0.717, 1.165) is 38.1 Å². The fraction of sp³-hybridized carbons (Fsp3) is 0.286. The molecule has 1 N–H and O–H groups in total. The Morgan fingerprint density at radius 2 is 2.03 bits per heavy atom. The molecule has 0 spiro atoms. The van der Waals surface area contributed by atoms with E-state index in [1.165, 1.54) is 12.1 Å². The molecule has 0 atom stereocenters. The molecule has 6 nitrogen and oxygen atoms in total. The summed E-state index contributed by atoms with van der Waals surface area (Å²) in [7, 11) is 1.54. The van der Waals surface area contributed by atoms with E-state index in [0.29, 0.717) is 32.9 Å². The fourth-order valence-corrected chi connectivity index (χ4v) is 3.89. The molecule has 0 unspecified atom stereocenters. The first-order valence-electron chi connectivity index (χ1n) is 9.43. The lowest BCUT2D eigenvalue weighted by molar-refractivity contribution is 0.102. The van der Waals surface area contributed by atoms with E-state index < -0.39 is 5.82 Å². The summed E-state index contributed by atoms with van der Waals surface area (Å²) in [5.41, 5.74) is 1.23. The predicted molar refractivity (Wildman–Crippen MR) is 112 cm³/mol. The van der Waals surface area contributed by atoms with Crippen LogP contribution in [0.15, 0.2) is 40.9 Å². The Bertz CT molecular complexity index is 1070. The van der Waals surface area contributed by atoms with Crippen LogP contribution >= 0.6 is 15.9 Å². The van der Waals surface area contributed by atoms with Crippen molar-refractivity contribution in [3.8, 4) is 17.1 Å². The van der Waals surface area contributed by atoms with E-state index in [1.807, 2.05) is 4.57 Å². The van der Waals surface area contributed by atoms with Crippen LogP contribution in [0.3, 0.4) is 0 Å². The molecule has 29 heavy (non-hydrogen) atoms. The average molecular weight is 459 g/mol. The highest BCUT2D eigenvalue weighted by atomic mass is 79.9. The number of aromatic nitrogens is 3. The number of anilines is 1. The molecule has 2 aromatic carbocycles. The first kappa shape index (κ1) is 19.6. The number of amides is 1. The van der Waals surface area contributed by atoms with Gasteiger partial charge in [0.1, 0.15) is 17.4 Å². The highest BCUT2D eigenvalue weighted by molar-refractivity contribution is 9.10. The molecule has 0 saturated heterocycles. The van der Waals surface area contributed by atoms with Crippen LogP contribution < -0.4 is 10.1 Å². The molecule has 3 aromatic rings. The van der Waals surface area contributed by atoms with Crippen LogP contribution in [-0.2, 0) is 13.0 Å². The third kappa shape index (κ3) is 4.03. The third-order valence-corrected chi connectivity index (χ3v) is 5.68. The quantitative estimate of drug-likeness (QED) is 0.607. The molecule has 0 saturated carbocycles. The zero-order chi connectivity index (χ0) is 20.4. The van der Waals surface area contributed by atoms with Crippen molar-refractivity contribution in [3.05, 3.63) is 58.1 Å². The summed E-state index contributed by atoms with van der Waals surface area (Å²) in [5.74, 6) is 1.23. The molecule has 0 fully saturated rings. The monoisotopic (exact) mass is 458 g/mol. The largest absolute Gasteiger partial charge is 0.497 e. The van der Waals surface area contributed by atoms with Crippen LogP contribution in [0.4, 0.5) is 10.1 Å². The highest BCUT2D eigenvalue weighted by Crippen LogP contribution is 2.29. The number of fused-ring (bicyclic) bond motifs is 1. The summed E-state index contributed by atoms with van der Waals surface area (Å²) in [4.78, 5) is 12.7. The normalized spacial score (nSPS) is 13.5. The lowest BCUT2D eigenvalue weighted by Crippen LogP contribution is -2.13. The highest BCUT2D eigenvalue weighted by Gasteiger charge is 2.20. The number of nitrogens with zero attached hydrogens (tertiary/aromatic N) is 3. The zero-order valence-electron chi connectivity index (χ0n) is 15.9. The number of benzene rings is 2. The number of ether oxygens (including phenoxy) is 1. The van der Waals surface area contributed by atoms with Gasteiger partial charge in [-0.05, 0) is 65.2 Å². The van der Waals surface area contributed by atoms with Crippen LogP contribution in [0.5, 0.6) is 5.75 Å². The molecule has 2 heterocycles. The van der Waals surface area contributed by atoms with E-state index in [9.17, 15) is 9.18 Å². The summed E-state index contributed by atoms with van der Waals surface area (Å²) >= 11 is 3.38. The molecule has 1 aliphatic rings. The zero-order valence-corrected chi connectivity index (χ0v) is 17.5. The van der Waals surface area contributed by atoms with Gasteiger partial charge in [0.15, 0.2) is 5.82 Å². The Morgan fingerprint density at radius 3 is 2.86 bits per heavy atom. The van der Waals surface area contributed by atoms with Gasteiger partial charge in [0.05, 0.1) is 18.2 Å². The Balaban J connectivity index is 1.65. The molecule has 150 valence electrons. The maximum atomic E-state index is 14.6. The van der Waals surface area contributed by atoms with Gasteiger partial charge in [0, 0.05) is 23.1 Å². The predicted octanol–water partition coefficient (Wildman–Crippen LogP) is 4.83. The van der Waals surface area contributed by atoms with Crippen molar-refractivity contribution < 1.29 is 13.9 Å². The van der Waals surface area contributed by atoms with E-state index in [1.54, 1.807) is 31.4 Å². The Labute approximate surface area is 176 Å². The second kappa shape index (κ2) is 8.32. The number of hydrogen-bond acceptors (Lipinski definition) is 4. The van der Waals surface area contributed by atoms with Gasteiger partial charge in [0.2, 0.25) is 0 Å². The summed E-state index contributed by atoms with van der Waals surface area (Å²) in [5, 5.41) is 11.3. The van der Waals surface area contributed by atoms with Gasteiger partial charge in [-0.15, -0.1) is 10.2 Å². The van der Waals surface area contributed by atoms with E-state index in [4.69, 9.17) is 4.74 Å². The van der Waals surface area contributed by atoms with Crippen molar-refractivity contribution in [3.63, 3.8) is 0 Å². The lowest BCUT2D eigenvalue weighted by atomic mass is 10.1. The number of aryl methyl sites for hydroxylation is 1. The van der Waals surface area contributed by atoms with Crippen LogP contribution in [0, 0.1) is 5.82 Å². The maximum Gasteiger partial charge on any atom is 0.256 e. The summed E-state index contributed by atoms with van der Waals surface area (Å²) < 4.78 is 22.4. The SMILES string of the molecule is COc1ccc(Br)c(C(=O)Nc2ccc(F)c(-c3nnc4n3CCCCC4)c2)c1. The number of carbonyl (C=O) groups is 1. The topological polar surface area (TPSA) is 69.0 Å². The van der Waals surface area contributed by atoms with Crippen LogP contribution in [0.2, 0.25) is 0 Å². The molecule has 1 aliphatic heterocycles. The van der Waals surface area contributed by atoms with Gasteiger partial charge < -0.3 is 14.6 Å². The average Bonchev–Trinajstić information content (AvgIpc) is 2.97. The number of methoxy groups -OCH3 is 1. The molecule has 0 radical (unpaired) electrons. The van der Waals surface area contributed by atoms with Crippen molar-refractivity contribution in [1.82, 2.24) is 14.8 Å². The van der Waals surface area contributed by atoms with Gasteiger partial charge in [0.25, 0.3) is 5.91 Å². The summed E-state index contributed by atoms with van der Waals surface area (Å²) in [6.45, 7) is 0.768. The Kier molecular flexibility index (Phi) is 5.62. The van der Waals surface area contributed by atoms with Crippen molar-refractivity contribution >= 4 is 27.5 Å². The first-order valence-corrected chi connectivity index (χ1v) is 10.2. The number of nitrogens with one attached hydrogen (secondary N) is 1. The van der Waals surface area contributed by atoms with Gasteiger partial charge in [-0.25, -0.2) is 4.39 Å². The number of halogens is 2.